The van der Waals surface area contributed by atoms with Crippen LogP contribution in [-0.2, 0) is 4.79 Å². The van der Waals surface area contributed by atoms with Crippen molar-refractivity contribution in [3.63, 3.8) is 0 Å². The number of hydrogen-bond donors (Lipinski definition) is 1. The maximum atomic E-state index is 12.0. The summed E-state index contributed by atoms with van der Waals surface area (Å²) in [5.41, 5.74) is 2.78. The number of nitrogens with zero attached hydrogens (tertiary/aromatic N) is 4. The lowest BCUT2D eigenvalue weighted by atomic mass is 10.1. The van der Waals surface area contributed by atoms with Crippen molar-refractivity contribution in [2.45, 2.75) is 13.3 Å². The van der Waals surface area contributed by atoms with Crippen LogP contribution in [0.4, 0.5) is 5.82 Å². The monoisotopic (exact) mass is 365 g/mol. The first kappa shape index (κ1) is 17.3. The second kappa shape index (κ2) is 7.26. The normalized spacial score (nSPS) is 14.8. The molecule has 2 aromatic heterocycles. The van der Waals surface area contributed by atoms with Crippen molar-refractivity contribution >= 4 is 22.6 Å². The second-order valence-corrected chi connectivity index (χ2v) is 6.77. The average molecular weight is 365 g/mol. The fourth-order valence-electron chi connectivity index (χ4n) is 3.22. The predicted molar refractivity (Wildman–Crippen MR) is 105 cm³/mol. The number of anilines is 1. The zero-order valence-corrected chi connectivity index (χ0v) is 15.6. The quantitative estimate of drug-likeness (QED) is 0.752. The van der Waals surface area contributed by atoms with Crippen molar-refractivity contribution in [3.05, 3.63) is 36.5 Å². The molecule has 1 aromatic carbocycles. The van der Waals surface area contributed by atoms with Gasteiger partial charge >= 0.3 is 0 Å². The van der Waals surface area contributed by atoms with Gasteiger partial charge in [0.1, 0.15) is 17.3 Å². The summed E-state index contributed by atoms with van der Waals surface area (Å²) in [6.07, 6.45) is 2.74. The summed E-state index contributed by atoms with van der Waals surface area (Å²) in [6.45, 7) is 4.60. The van der Waals surface area contributed by atoms with Crippen LogP contribution in [0.2, 0.25) is 0 Å². The fraction of sp³-hybridized carbons (Fsp3) is 0.350. The third-order valence-electron chi connectivity index (χ3n) is 4.81. The number of carbonyl (C=O) groups excluding carboxylic acids is 1. The van der Waals surface area contributed by atoms with Crippen LogP contribution in [0.3, 0.4) is 0 Å². The Morgan fingerprint density at radius 1 is 1.22 bits per heavy atom. The van der Waals surface area contributed by atoms with E-state index in [2.05, 4.69) is 22.1 Å². The smallest absolute Gasteiger partial charge is 0.241 e. The first-order valence-electron chi connectivity index (χ1n) is 9.22. The highest BCUT2D eigenvalue weighted by atomic mass is 16.5. The van der Waals surface area contributed by atoms with Gasteiger partial charge < -0.3 is 14.5 Å². The van der Waals surface area contributed by atoms with Gasteiger partial charge in [-0.05, 0) is 36.8 Å². The summed E-state index contributed by atoms with van der Waals surface area (Å²) < 4.78 is 5.76. The lowest BCUT2D eigenvalue weighted by Gasteiger charge is -2.32. The molecular weight excluding hydrogens is 342 g/mol. The molecule has 0 spiro atoms. The molecule has 1 saturated heterocycles. The summed E-state index contributed by atoms with van der Waals surface area (Å²) >= 11 is 0. The molecule has 3 heterocycles. The summed E-state index contributed by atoms with van der Waals surface area (Å²) in [5, 5.41) is 8.59. The Hall–Kier alpha value is -3.09. The van der Waals surface area contributed by atoms with Gasteiger partial charge in [0.2, 0.25) is 5.91 Å². The van der Waals surface area contributed by atoms with E-state index < -0.39 is 0 Å². The Labute approximate surface area is 157 Å². The molecule has 3 aromatic rings. The minimum atomic E-state index is 0.108. The Balaban J connectivity index is 1.66. The van der Waals surface area contributed by atoms with Crippen molar-refractivity contribution in [2.24, 2.45) is 0 Å². The Morgan fingerprint density at radius 3 is 2.93 bits per heavy atom. The number of hydrogen-bond acceptors (Lipinski definition) is 5. The van der Waals surface area contributed by atoms with E-state index >= 15 is 0 Å². The number of benzene rings is 1. The van der Waals surface area contributed by atoms with E-state index in [1.807, 2.05) is 42.3 Å². The molecular formula is C20H23N5O2. The molecule has 1 amide bonds. The molecule has 7 nitrogen and oxygen atoms in total. The zero-order valence-electron chi connectivity index (χ0n) is 15.6. The van der Waals surface area contributed by atoms with Gasteiger partial charge in [-0.25, -0.2) is 4.98 Å². The van der Waals surface area contributed by atoms with Crippen molar-refractivity contribution in [1.82, 2.24) is 20.1 Å². The number of ether oxygens (including phenoxy) is 1. The number of carbonyl (C=O) groups is 1. The molecule has 1 aliphatic rings. The molecule has 0 saturated carbocycles. The fourth-order valence-corrected chi connectivity index (χ4v) is 3.22. The second-order valence-electron chi connectivity index (χ2n) is 6.77. The van der Waals surface area contributed by atoms with Gasteiger partial charge in [-0.15, -0.1) is 0 Å². The van der Waals surface area contributed by atoms with Gasteiger partial charge in [-0.2, -0.15) is 5.10 Å². The molecule has 0 radical (unpaired) electrons. The maximum Gasteiger partial charge on any atom is 0.241 e. The number of fused-ring (bicyclic) bond motifs is 1. The van der Waals surface area contributed by atoms with Crippen molar-refractivity contribution < 1.29 is 9.53 Å². The van der Waals surface area contributed by atoms with Gasteiger partial charge in [0.15, 0.2) is 0 Å². The summed E-state index contributed by atoms with van der Waals surface area (Å²) in [6, 6.07) is 9.89. The van der Waals surface area contributed by atoms with Gasteiger partial charge in [0.05, 0.1) is 18.7 Å². The lowest BCUT2D eigenvalue weighted by molar-refractivity contribution is -0.129. The molecule has 0 bridgehead atoms. The van der Waals surface area contributed by atoms with E-state index in [1.54, 1.807) is 11.1 Å². The summed E-state index contributed by atoms with van der Waals surface area (Å²) in [5.74, 6) is 1.74. The molecule has 1 fully saturated rings. The number of rotatable bonds is 5. The van der Waals surface area contributed by atoms with E-state index in [9.17, 15) is 4.79 Å². The van der Waals surface area contributed by atoms with E-state index in [-0.39, 0.29) is 5.91 Å². The topological polar surface area (TPSA) is 74.3 Å². The number of piperazine rings is 1. The van der Waals surface area contributed by atoms with Crippen molar-refractivity contribution in [3.8, 4) is 17.0 Å². The zero-order chi connectivity index (χ0) is 18.8. The van der Waals surface area contributed by atoms with Crippen LogP contribution >= 0.6 is 0 Å². The Kier molecular flexibility index (Phi) is 4.66. The van der Waals surface area contributed by atoms with E-state index in [4.69, 9.17) is 4.74 Å². The number of likely N-dealkylation sites (N-methyl/N-ethyl adjacent to an activating group) is 1. The third-order valence-corrected chi connectivity index (χ3v) is 4.81. The number of H-pyrrole nitrogens is 1. The van der Waals surface area contributed by atoms with E-state index in [0.717, 1.165) is 46.7 Å². The number of amides is 1. The number of nitrogens with one attached hydrogen (secondary N) is 1. The molecule has 0 atom stereocenters. The van der Waals surface area contributed by atoms with Crippen LogP contribution in [0.1, 0.15) is 13.3 Å². The molecule has 27 heavy (non-hydrogen) atoms. The minimum Gasteiger partial charge on any atom is -0.494 e. The molecule has 140 valence electrons. The van der Waals surface area contributed by atoms with Crippen LogP contribution in [0.15, 0.2) is 36.5 Å². The minimum absolute atomic E-state index is 0.108. The van der Waals surface area contributed by atoms with E-state index in [0.29, 0.717) is 19.7 Å². The van der Waals surface area contributed by atoms with Crippen LogP contribution in [-0.4, -0.2) is 59.3 Å². The first-order valence-corrected chi connectivity index (χ1v) is 9.22. The SMILES string of the molecule is CCCOc1ccc2[nH]nc(-c3ccnc(N4CCN(C)C(=O)C4)c3)c2c1. The third kappa shape index (κ3) is 3.45. The van der Waals surface area contributed by atoms with Crippen molar-refractivity contribution in [2.75, 3.05) is 38.2 Å². The highest BCUT2D eigenvalue weighted by molar-refractivity contribution is 5.94. The van der Waals surface area contributed by atoms with Crippen molar-refractivity contribution in [1.29, 1.82) is 0 Å². The van der Waals surface area contributed by atoms with Crippen LogP contribution in [0, 0.1) is 0 Å². The highest BCUT2D eigenvalue weighted by Crippen LogP contribution is 2.30. The van der Waals surface area contributed by atoms with E-state index in [1.165, 1.54) is 0 Å². The van der Waals surface area contributed by atoms with Crippen LogP contribution in [0.25, 0.3) is 22.2 Å². The molecule has 0 unspecified atom stereocenters. The standard InChI is InChI=1S/C20H23N5O2/c1-3-10-27-15-4-5-17-16(12-15)20(23-22-17)14-6-7-21-18(11-14)25-9-8-24(2)19(26)13-25/h4-7,11-12H,3,8-10,13H2,1-2H3,(H,22,23). The lowest BCUT2D eigenvalue weighted by Crippen LogP contribution is -2.48. The molecule has 1 aliphatic heterocycles. The summed E-state index contributed by atoms with van der Waals surface area (Å²) in [4.78, 5) is 20.2. The largest absolute Gasteiger partial charge is 0.494 e. The predicted octanol–water partition coefficient (Wildman–Crippen LogP) is 2.69. The van der Waals surface area contributed by atoms with Crippen LogP contribution < -0.4 is 9.64 Å². The number of aromatic amines is 1. The van der Waals surface area contributed by atoms with Gasteiger partial charge in [-0.3, -0.25) is 9.89 Å². The number of pyridine rings is 1. The van der Waals surface area contributed by atoms with Gasteiger partial charge in [0.25, 0.3) is 0 Å². The Bertz CT molecular complexity index is 968. The highest BCUT2D eigenvalue weighted by Gasteiger charge is 2.22. The molecule has 0 aliphatic carbocycles. The molecule has 4 rings (SSSR count). The number of aromatic nitrogens is 3. The van der Waals surface area contributed by atoms with Gasteiger partial charge in [0, 0.05) is 37.3 Å². The maximum absolute atomic E-state index is 12.0. The Morgan fingerprint density at radius 2 is 2.11 bits per heavy atom. The first-order chi connectivity index (χ1) is 13.2. The summed E-state index contributed by atoms with van der Waals surface area (Å²) in [7, 11) is 1.83. The van der Waals surface area contributed by atoms with Gasteiger partial charge in [-0.1, -0.05) is 6.92 Å². The van der Waals surface area contributed by atoms with Crippen LogP contribution in [0.5, 0.6) is 5.75 Å². The molecule has 7 heteroatoms. The molecule has 1 N–H and O–H groups in total. The average Bonchev–Trinajstić information content (AvgIpc) is 3.12.